The van der Waals surface area contributed by atoms with Gasteiger partial charge in [0.15, 0.2) is 0 Å². The van der Waals surface area contributed by atoms with Gasteiger partial charge in [0.1, 0.15) is 11.9 Å². The number of carbonyl (C=O) groups excluding carboxylic acids is 2. The molecule has 86 valence electrons. The molecule has 0 aromatic heterocycles. The zero-order valence-corrected chi connectivity index (χ0v) is 8.74. The van der Waals surface area contributed by atoms with Crippen LogP contribution in [0.3, 0.4) is 0 Å². The lowest BCUT2D eigenvalue weighted by Gasteiger charge is -2.27. The van der Waals surface area contributed by atoms with Gasteiger partial charge in [-0.05, 0) is 18.2 Å². The van der Waals surface area contributed by atoms with Gasteiger partial charge in [0.2, 0.25) is 11.8 Å². The lowest BCUT2D eigenvalue weighted by atomic mass is 10.1. The minimum absolute atomic E-state index is 0.0218. The van der Waals surface area contributed by atoms with Crippen LogP contribution in [0.25, 0.3) is 0 Å². The summed E-state index contributed by atoms with van der Waals surface area (Å²) in [5, 5.41) is 11.0. The number of rotatable bonds is 1. The van der Waals surface area contributed by atoms with Crippen LogP contribution in [0.15, 0.2) is 18.2 Å². The summed E-state index contributed by atoms with van der Waals surface area (Å²) >= 11 is 0. The van der Waals surface area contributed by atoms with E-state index < -0.39 is 17.6 Å². The second-order valence-electron chi connectivity index (χ2n) is 3.60. The first kappa shape index (κ1) is 11.1. The monoisotopic (exact) mass is 233 g/mol. The predicted octanol–water partition coefficient (Wildman–Crippen LogP) is 0.160. The molecule has 0 unspecified atom stereocenters. The second kappa shape index (κ2) is 4.22. The quantitative estimate of drug-likeness (QED) is 0.701. The summed E-state index contributed by atoms with van der Waals surface area (Å²) in [6, 6.07) is 5.49. The van der Waals surface area contributed by atoms with E-state index in [-0.39, 0.29) is 18.7 Å². The fourth-order valence-corrected chi connectivity index (χ4v) is 1.68. The molecule has 1 aromatic rings. The summed E-state index contributed by atoms with van der Waals surface area (Å²) in [5.74, 6) is -1.40. The van der Waals surface area contributed by atoms with E-state index in [2.05, 4.69) is 5.32 Å². The minimum atomic E-state index is -0.530. The lowest BCUT2D eigenvalue weighted by molar-refractivity contribution is -0.130. The van der Waals surface area contributed by atoms with E-state index >= 15 is 0 Å². The Morgan fingerprint density at radius 2 is 1.94 bits per heavy atom. The van der Waals surface area contributed by atoms with Gasteiger partial charge in [0.25, 0.3) is 0 Å². The summed E-state index contributed by atoms with van der Waals surface area (Å²) in [6.07, 6.45) is 0. The van der Waals surface area contributed by atoms with Gasteiger partial charge in [0.05, 0.1) is 24.3 Å². The van der Waals surface area contributed by atoms with Crippen LogP contribution in [-0.4, -0.2) is 24.9 Å². The van der Waals surface area contributed by atoms with Crippen LogP contribution >= 0.6 is 0 Å². The molecule has 0 radical (unpaired) electrons. The molecule has 1 saturated heterocycles. The number of carbonyl (C=O) groups is 2. The number of hydrogen-bond acceptors (Lipinski definition) is 4. The van der Waals surface area contributed by atoms with Crippen molar-refractivity contribution < 1.29 is 14.0 Å². The summed E-state index contributed by atoms with van der Waals surface area (Å²) in [6.45, 7) is -0.0435. The Balaban J connectivity index is 2.37. The molecule has 0 saturated carbocycles. The number of imide groups is 1. The number of halogens is 1. The molecule has 1 aliphatic heterocycles. The molecule has 2 amide bonds. The van der Waals surface area contributed by atoms with Crippen molar-refractivity contribution in [3.8, 4) is 6.07 Å². The van der Waals surface area contributed by atoms with Gasteiger partial charge in [0, 0.05) is 0 Å². The number of nitrogens with one attached hydrogen (secondary N) is 1. The van der Waals surface area contributed by atoms with Crippen molar-refractivity contribution in [3.05, 3.63) is 29.6 Å². The number of benzene rings is 1. The maximum absolute atomic E-state index is 12.9. The Bertz CT molecular complexity index is 520. The van der Waals surface area contributed by atoms with Gasteiger partial charge in [-0.1, -0.05) is 0 Å². The summed E-state index contributed by atoms with van der Waals surface area (Å²) in [4.78, 5) is 23.8. The molecule has 0 spiro atoms. The highest BCUT2D eigenvalue weighted by molar-refractivity contribution is 6.02. The molecule has 0 bridgehead atoms. The van der Waals surface area contributed by atoms with Crippen LogP contribution in [0.4, 0.5) is 10.1 Å². The Morgan fingerprint density at radius 3 is 2.53 bits per heavy atom. The van der Waals surface area contributed by atoms with E-state index in [1.165, 1.54) is 17.0 Å². The number of piperazine rings is 1. The number of hydrogen-bond donors (Lipinski definition) is 1. The molecule has 0 aliphatic carbocycles. The number of nitriles is 1. The fraction of sp³-hybridized carbons (Fsp3) is 0.182. The molecule has 1 aromatic carbocycles. The molecule has 5 nitrogen and oxygen atoms in total. The molecule has 6 heteroatoms. The fourth-order valence-electron chi connectivity index (χ4n) is 1.68. The van der Waals surface area contributed by atoms with Crippen molar-refractivity contribution in [3.63, 3.8) is 0 Å². The molecule has 1 aliphatic rings. The SMILES string of the molecule is N#Cc1cc(F)ccc1N1CC(=O)NC(=O)C1. The van der Waals surface area contributed by atoms with E-state index in [1.807, 2.05) is 6.07 Å². The van der Waals surface area contributed by atoms with Gasteiger partial charge in [-0.3, -0.25) is 14.9 Å². The average molecular weight is 233 g/mol. The van der Waals surface area contributed by atoms with E-state index in [0.717, 1.165) is 6.07 Å². The highest BCUT2D eigenvalue weighted by Gasteiger charge is 2.24. The standard InChI is InChI=1S/C11H8FN3O2/c12-8-1-2-9(7(3-8)4-13)15-5-10(16)14-11(17)6-15/h1-3H,5-6H2,(H,14,16,17). The molecule has 1 N–H and O–H groups in total. The van der Waals surface area contributed by atoms with E-state index in [1.54, 1.807) is 0 Å². The van der Waals surface area contributed by atoms with Crippen LogP contribution in [-0.2, 0) is 9.59 Å². The third kappa shape index (κ3) is 2.23. The first-order valence-corrected chi connectivity index (χ1v) is 4.87. The number of anilines is 1. The lowest BCUT2D eigenvalue weighted by Crippen LogP contribution is -2.51. The normalized spacial score (nSPS) is 15.4. The predicted molar refractivity (Wildman–Crippen MR) is 56.5 cm³/mol. The second-order valence-corrected chi connectivity index (χ2v) is 3.60. The van der Waals surface area contributed by atoms with Crippen molar-refractivity contribution in [1.82, 2.24) is 5.32 Å². The number of nitrogens with zero attached hydrogens (tertiary/aromatic N) is 2. The first-order valence-electron chi connectivity index (χ1n) is 4.87. The molecule has 1 fully saturated rings. The molecular formula is C11H8FN3O2. The molecular weight excluding hydrogens is 225 g/mol. The summed E-state index contributed by atoms with van der Waals surface area (Å²) < 4.78 is 12.9. The first-order chi connectivity index (χ1) is 8.10. The zero-order chi connectivity index (χ0) is 12.4. The Labute approximate surface area is 96.4 Å². The third-order valence-corrected chi connectivity index (χ3v) is 2.37. The highest BCUT2D eigenvalue weighted by Crippen LogP contribution is 2.21. The van der Waals surface area contributed by atoms with Crippen LogP contribution in [0.5, 0.6) is 0 Å². The molecule has 17 heavy (non-hydrogen) atoms. The van der Waals surface area contributed by atoms with E-state index in [0.29, 0.717) is 5.69 Å². The van der Waals surface area contributed by atoms with Crippen LogP contribution in [0, 0.1) is 17.1 Å². The topological polar surface area (TPSA) is 73.2 Å². The van der Waals surface area contributed by atoms with E-state index in [9.17, 15) is 14.0 Å². The van der Waals surface area contributed by atoms with Gasteiger partial charge in [-0.2, -0.15) is 5.26 Å². The molecule has 2 rings (SSSR count). The van der Waals surface area contributed by atoms with Crippen molar-refractivity contribution >= 4 is 17.5 Å². The summed E-state index contributed by atoms with van der Waals surface area (Å²) in [7, 11) is 0. The average Bonchev–Trinajstić information content (AvgIpc) is 2.27. The third-order valence-electron chi connectivity index (χ3n) is 2.37. The Morgan fingerprint density at radius 1 is 1.29 bits per heavy atom. The number of amides is 2. The Hall–Kier alpha value is -2.42. The van der Waals surface area contributed by atoms with Gasteiger partial charge in [-0.15, -0.1) is 0 Å². The maximum Gasteiger partial charge on any atom is 0.246 e. The van der Waals surface area contributed by atoms with Gasteiger partial charge in [-0.25, -0.2) is 4.39 Å². The van der Waals surface area contributed by atoms with Crippen molar-refractivity contribution in [2.24, 2.45) is 0 Å². The van der Waals surface area contributed by atoms with E-state index in [4.69, 9.17) is 5.26 Å². The van der Waals surface area contributed by atoms with Crippen molar-refractivity contribution in [2.45, 2.75) is 0 Å². The smallest absolute Gasteiger partial charge is 0.246 e. The van der Waals surface area contributed by atoms with Crippen LogP contribution in [0.1, 0.15) is 5.56 Å². The highest BCUT2D eigenvalue weighted by atomic mass is 19.1. The van der Waals surface area contributed by atoms with Gasteiger partial charge >= 0.3 is 0 Å². The Kier molecular flexibility index (Phi) is 2.75. The molecule has 1 heterocycles. The molecule has 0 atom stereocenters. The van der Waals surface area contributed by atoms with Crippen LogP contribution in [0.2, 0.25) is 0 Å². The van der Waals surface area contributed by atoms with Crippen molar-refractivity contribution in [2.75, 3.05) is 18.0 Å². The minimum Gasteiger partial charge on any atom is -0.352 e. The van der Waals surface area contributed by atoms with Gasteiger partial charge < -0.3 is 4.90 Å². The van der Waals surface area contributed by atoms with Crippen LogP contribution < -0.4 is 10.2 Å². The van der Waals surface area contributed by atoms with Crippen molar-refractivity contribution in [1.29, 1.82) is 5.26 Å². The summed E-state index contributed by atoms with van der Waals surface area (Å²) in [5.41, 5.74) is 0.490. The zero-order valence-electron chi connectivity index (χ0n) is 8.74. The maximum atomic E-state index is 12.9. The largest absolute Gasteiger partial charge is 0.352 e.